The van der Waals surface area contributed by atoms with Crippen molar-refractivity contribution < 1.29 is 14.6 Å². The summed E-state index contributed by atoms with van der Waals surface area (Å²) >= 11 is 3.27. The van der Waals surface area contributed by atoms with Gasteiger partial charge in [0.2, 0.25) is 6.29 Å². The number of aliphatic hydroxyl groups excluding tert-OH is 1. The Morgan fingerprint density at radius 1 is 1.38 bits per heavy atom. The van der Waals surface area contributed by atoms with Gasteiger partial charge in [-0.1, -0.05) is 6.07 Å². The molecule has 0 spiro atoms. The van der Waals surface area contributed by atoms with E-state index in [0.717, 1.165) is 4.47 Å². The van der Waals surface area contributed by atoms with Gasteiger partial charge in [-0.15, -0.1) is 0 Å². The molecule has 13 heavy (non-hydrogen) atoms. The molecule has 0 fully saturated rings. The van der Waals surface area contributed by atoms with Crippen LogP contribution in [0.25, 0.3) is 11.1 Å². The summed E-state index contributed by atoms with van der Waals surface area (Å²) in [5.74, 6) is -0.0955. The van der Waals surface area contributed by atoms with Gasteiger partial charge in [-0.25, -0.2) is 4.98 Å². The molecule has 0 radical (unpaired) electrons. The normalized spacial score (nSPS) is 11.4. The van der Waals surface area contributed by atoms with Crippen molar-refractivity contribution in [2.24, 2.45) is 0 Å². The topological polar surface area (TPSA) is 66.5 Å². The van der Waals surface area contributed by atoms with Crippen LogP contribution in [0.3, 0.4) is 0 Å². The molecule has 0 aliphatic carbocycles. The molecular formula is C8H6BrNO3. The Morgan fingerprint density at radius 2 is 2.15 bits per heavy atom. The number of aromatic nitrogens is 1. The molecular weight excluding hydrogens is 238 g/mol. The van der Waals surface area contributed by atoms with Crippen LogP contribution in [0.15, 0.2) is 27.1 Å². The van der Waals surface area contributed by atoms with Crippen molar-refractivity contribution in [3.8, 4) is 0 Å². The average Bonchev–Trinajstić information content (AvgIpc) is 2.49. The molecule has 0 saturated carbocycles. The summed E-state index contributed by atoms with van der Waals surface area (Å²) in [4.78, 5) is 3.90. The monoisotopic (exact) mass is 243 g/mol. The van der Waals surface area contributed by atoms with Crippen molar-refractivity contribution >= 4 is 27.0 Å². The quantitative estimate of drug-likeness (QED) is 0.747. The second-order valence-corrected chi connectivity index (χ2v) is 3.37. The molecule has 68 valence electrons. The van der Waals surface area contributed by atoms with Crippen molar-refractivity contribution in [1.82, 2.24) is 4.98 Å². The van der Waals surface area contributed by atoms with Gasteiger partial charge in [0.1, 0.15) is 5.52 Å². The third-order valence-corrected chi connectivity index (χ3v) is 2.25. The van der Waals surface area contributed by atoms with Gasteiger partial charge in [-0.3, -0.25) is 0 Å². The zero-order valence-corrected chi connectivity index (χ0v) is 8.02. The molecule has 2 aromatic rings. The van der Waals surface area contributed by atoms with Crippen LogP contribution in [0, 0.1) is 0 Å². The van der Waals surface area contributed by atoms with Gasteiger partial charge in [-0.05, 0) is 28.1 Å². The number of nitrogens with zero attached hydrogens (tertiary/aromatic N) is 1. The van der Waals surface area contributed by atoms with Crippen LogP contribution >= 0.6 is 15.9 Å². The Hall–Kier alpha value is -0.910. The summed E-state index contributed by atoms with van der Waals surface area (Å²) in [5.41, 5.74) is 1.11. The van der Waals surface area contributed by atoms with Crippen LogP contribution in [-0.4, -0.2) is 15.2 Å². The molecule has 0 saturated heterocycles. The molecule has 0 aliphatic heterocycles. The number of oxazole rings is 1. The minimum absolute atomic E-state index is 0.0955. The lowest BCUT2D eigenvalue weighted by molar-refractivity contribution is -0.0610. The van der Waals surface area contributed by atoms with Crippen molar-refractivity contribution in [3.05, 3.63) is 28.6 Å². The van der Waals surface area contributed by atoms with Gasteiger partial charge in [-0.2, -0.15) is 0 Å². The minimum atomic E-state index is -1.67. The Kier molecular flexibility index (Phi) is 2.07. The summed E-state index contributed by atoms with van der Waals surface area (Å²) in [5, 5.41) is 17.6. The van der Waals surface area contributed by atoms with Crippen LogP contribution in [0.2, 0.25) is 0 Å². The van der Waals surface area contributed by atoms with Crippen molar-refractivity contribution in [1.29, 1.82) is 0 Å². The molecule has 0 bridgehead atoms. The van der Waals surface area contributed by atoms with E-state index in [-0.39, 0.29) is 5.89 Å². The van der Waals surface area contributed by atoms with Gasteiger partial charge in [0.25, 0.3) is 5.89 Å². The predicted octanol–water partition coefficient (Wildman–Crippen LogP) is 1.57. The number of aliphatic hydroxyl groups is 2. The molecule has 2 N–H and O–H groups in total. The van der Waals surface area contributed by atoms with Crippen LogP contribution < -0.4 is 0 Å². The number of halogens is 1. The Bertz CT molecular complexity index is 438. The number of hydrogen-bond acceptors (Lipinski definition) is 4. The lowest BCUT2D eigenvalue weighted by Crippen LogP contribution is -1.93. The molecule has 0 atom stereocenters. The minimum Gasteiger partial charge on any atom is -0.436 e. The zero-order valence-electron chi connectivity index (χ0n) is 6.44. The van der Waals surface area contributed by atoms with Gasteiger partial charge >= 0.3 is 0 Å². The maximum absolute atomic E-state index is 8.80. The fraction of sp³-hybridized carbons (Fsp3) is 0.125. The van der Waals surface area contributed by atoms with Gasteiger partial charge in [0, 0.05) is 4.47 Å². The maximum Gasteiger partial charge on any atom is 0.252 e. The third-order valence-electron chi connectivity index (χ3n) is 1.61. The largest absolute Gasteiger partial charge is 0.436 e. The highest BCUT2D eigenvalue weighted by molar-refractivity contribution is 9.10. The SMILES string of the molecule is OC(O)c1nc2c(Br)cccc2o1. The number of fused-ring (bicyclic) bond motifs is 1. The van der Waals surface area contributed by atoms with E-state index in [2.05, 4.69) is 20.9 Å². The van der Waals surface area contributed by atoms with E-state index in [1.165, 1.54) is 0 Å². The van der Waals surface area contributed by atoms with E-state index in [0.29, 0.717) is 11.1 Å². The predicted molar refractivity (Wildman–Crippen MR) is 48.9 cm³/mol. The molecule has 1 aromatic heterocycles. The van der Waals surface area contributed by atoms with Crippen LogP contribution in [0.5, 0.6) is 0 Å². The highest BCUT2D eigenvalue weighted by Crippen LogP contribution is 2.25. The summed E-state index contributed by atoms with van der Waals surface area (Å²) in [6.45, 7) is 0. The van der Waals surface area contributed by atoms with Crippen LogP contribution in [0.4, 0.5) is 0 Å². The zero-order chi connectivity index (χ0) is 9.42. The summed E-state index contributed by atoms with van der Waals surface area (Å²) < 4.78 is 5.83. The smallest absolute Gasteiger partial charge is 0.252 e. The maximum atomic E-state index is 8.80. The molecule has 1 heterocycles. The van der Waals surface area contributed by atoms with Gasteiger partial charge in [0.15, 0.2) is 5.58 Å². The molecule has 0 unspecified atom stereocenters. The molecule has 1 aromatic carbocycles. The summed E-state index contributed by atoms with van der Waals surface area (Å²) in [6.07, 6.45) is -1.67. The van der Waals surface area contributed by atoms with E-state index in [9.17, 15) is 0 Å². The molecule has 5 heteroatoms. The molecule has 4 nitrogen and oxygen atoms in total. The van der Waals surface area contributed by atoms with Gasteiger partial charge in [0.05, 0.1) is 0 Å². The lowest BCUT2D eigenvalue weighted by atomic mass is 10.3. The highest BCUT2D eigenvalue weighted by Gasteiger charge is 2.12. The molecule has 0 aliphatic rings. The van der Waals surface area contributed by atoms with Crippen molar-refractivity contribution in [2.45, 2.75) is 6.29 Å². The van der Waals surface area contributed by atoms with E-state index < -0.39 is 6.29 Å². The Balaban J connectivity index is 2.68. The molecule has 0 amide bonds. The standard InChI is InChI=1S/C8H6BrNO3/c9-4-2-1-3-5-6(4)10-7(13-5)8(11)12/h1-3,8,11-12H. The second-order valence-electron chi connectivity index (χ2n) is 2.51. The molecule has 2 rings (SSSR count). The number of benzene rings is 1. The first-order valence-electron chi connectivity index (χ1n) is 3.59. The van der Waals surface area contributed by atoms with E-state index in [4.69, 9.17) is 14.6 Å². The third kappa shape index (κ3) is 1.46. The average molecular weight is 244 g/mol. The van der Waals surface area contributed by atoms with Crippen LogP contribution in [0.1, 0.15) is 12.2 Å². The summed E-state index contributed by atoms with van der Waals surface area (Å²) in [6, 6.07) is 5.29. The van der Waals surface area contributed by atoms with Crippen molar-refractivity contribution in [2.75, 3.05) is 0 Å². The van der Waals surface area contributed by atoms with Crippen molar-refractivity contribution in [3.63, 3.8) is 0 Å². The second kappa shape index (κ2) is 3.10. The van der Waals surface area contributed by atoms with E-state index in [1.54, 1.807) is 18.2 Å². The first-order chi connectivity index (χ1) is 6.18. The number of hydrogen-bond donors (Lipinski definition) is 2. The first-order valence-corrected chi connectivity index (χ1v) is 4.39. The fourth-order valence-corrected chi connectivity index (χ4v) is 1.48. The van der Waals surface area contributed by atoms with E-state index >= 15 is 0 Å². The summed E-state index contributed by atoms with van der Waals surface area (Å²) in [7, 11) is 0. The lowest BCUT2D eigenvalue weighted by Gasteiger charge is -1.92. The Labute approximate surface area is 81.9 Å². The van der Waals surface area contributed by atoms with Crippen LogP contribution in [-0.2, 0) is 0 Å². The Morgan fingerprint density at radius 3 is 2.77 bits per heavy atom. The number of para-hydroxylation sites is 1. The fourth-order valence-electron chi connectivity index (χ4n) is 1.04. The highest BCUT2D eigenvalue weighted by atomic mass is 79.9. The van der Waals surface area contributed by atoms with E-state index in [1.807, 2.05) is 0 Å². The van der Waals surface area contributed by atoms with Gasteiger partial charge < -0.3 is 14.6 Å². The first kappa shape index (κ1) is 8.68. The number of rotatable bonds is 1.